The van der Waals surface area contributed by atoms with E-state index in [9.17, 15) is 0 Å². The molecule has 0 amide bonds. The van der Waals surface area contributed by atoms with E-state index in [1.54, 1.807) is 0 Å². The van der Waals surface area contributed by atoms with Gasteiger partial charge < -0.3 is 48.9 Å². The lowest BCUT2D eigenvalue weighted by Gasteiger charge is -2.20. The number of nitrogens with zero attached hydrogens (tertiary/aromatic N) is 1. The van der Waals surface area contributed by atoms with Gasteiger partial charge in [0, 0.05) is 13.1 Å². The Morgan fingerprint density at radius 2 is 1.06 bits per heavy atom. The smallest absolute Gasteiger partial charge is 0.185 e. The second-order valence-corrected chi connectivity index (χ2v) is 8.48. The molecule has 0 heterocycles. The molecule has 0 unspecified atom stereocenters. The fraction of sp³-hybridized carbons (Fsp3) is 0.909. The van der Waals surface area contributed by atoms with Crippen LogP contribution in [0.15, 0.2) is 4.99 Å². The van der Waals surface area contributed by atoms with E-state index in [-0.39, 0.29) is 11.9 Å². The van der Waals surface area contributed by atoms with Crippen molar-refractivity contribution >= 4 is 11.9 Å². The number of nitrogens with one attached hydrogen (secondary N) is 3. The summed E-state index contributed by atoms with van der Waals surface area (Å²) in [5, 5.41) is 38.5. The highest BCUT2D eigenvalue weighted by Crippen LogP contribution is 2.06. The number of unbranched alkanes of at least 4 members (excludes halogenated alkanes) is 10. The molecule has 0 aliphatic heterocycles. The van der Waals surface area contributed by atoms with Crippen molar-refractivity contribution in [1.82, 2.24) is 10.6 Å². The molecule has 0 saturated heterocycles. The third-order valence-electron chi connectivity index (χ3n) is 5.10. The van der Waals surface area contributed by atoms with Crippen LogP contribution in [0.2, 0.25) is 0 Å². The fourth-order valence-electron chi connectivity index (χ4n) is 2.86. The summed E-state index contributed by atoms with van der Waals surface area (Å²) in [6.45, 7) is 2.67. The summed E-state index contributed by atoms with van der Waals surface area (Å²) >= 11 is 0. The van der Waals surface area contributed by atoms with Gasteiger partial charge in [-0.05, 0) is 38.8 Å². The van der Waals surface area contributed by atoms with Crippen LogP contribution in [-0.2, 0) is 0 Å². The maximum Gasteiger partial charge on any atom is 0.185 e. The van der Waals surface area contributed by atoms with Crippen LogP contribution in [0.1, 0.15) is 77.0 Å². The SMILES string of the molecule is N=C(N)NCCCCCCCCNCCCCCCCCN=C(N)N.NC(CO)(CO)CO. The highest BCUT2D eigenvalue weighted by Gasteiger charge is 2.20. The quantitative estimate of drug-likeness (QED) is 0.0593. The standard InChI is InChI=1S/C18H41N7.C4H11NO3/c19-17(20)24-15-11-7-3-1-5-9-13-23-14-10-6-2-4-8-12-16-25-18(21)22;5-4(1-6,2-7)3-8/h23H,1-16H2,(H4,19,20,24)(H4,21,22,25);6-8H,1-3,5H2. The molecule has 11 heteroatoms. The van der Waals surface area contributed by atoms with Crippen LogP contribution in [0, 0.1) is 5.41 Å². The first-order chi connectivity index (χ1) is 15.8. The number of aliphatic hydroxyl groups excluding tert-OH is 3. The van der Waals surface area contributed by atoms with Gasteiger partial charge in [-0.2, -0.15) is 0 Å². The number of rotatable bonds is 21. The summed E-state index contributed by atoms with van der Waals surface area (Å²) < 4.78 is 0. The molecular weight excluding hydrogens is 424 g/mol. The maximum atomic E-state index is 8.34. The van der Waals surface area contributed by atoms with Crippen LogP contribution in [0.25, 0.3) is 0 Å². The van der Waals surface area contributed by atoms with Crippen LogP contribution in [0.5, 0.6) is 0 Å². The number of nitrogens with two attached hydrogens (primary N) is 4. The lowest BCUT2D eigenvalue weighted by molar-refractivity contribution is 0.0697. The molecule has 0 radical (unpaired) electrons. The van der Waals surface area contributed by atoms with Crippen LogP contribution < -0.4 is 33.6 Å². The largest absolute Gasteiger partial charge is 0.394 e. The molecule has 0 rings (SSSR count). The fourth-order valence-corrected chi connectivity index (χ4v) is 2.86. The highest BCUT2D eigenvalue weighted by molar-refractivity contribution is 5.75. The van der Waals surface area contributed by atoms with Crippen molar-refractivity contribution < 1.29 is 15.3 Å². The van der Waals surface area contributed by atoms with E-state index in [1.165, 1.54) is 64.2 Å². The molecule has 0 aromatic rings. The van der Waals surface area contributed by atoms with Gasteiger partial charge in [-0.25, -0.2) is 0 Å². The Kier molecular flexibility index (Phi) is 25.4. The zero-order valence-electron chi connectivity index (χ0n) is 20.5. The predicted octanol–water partition coefficient (Wildman–Crippen LogP) is -0.326. The Labute approximate surface area is 200 Å². The van der Waals surface area contributed by atoms with Crippen molar-refractivity contribution in [3.8, 4) is 0 Å². The van der Waals surface area contributed by atoms with Gasteiger partial charge in [0.2, 0.25) is 0 Å². The maximum absolute atomic E-state index is 8.34. The molecule has 198 valence electrons. The van der Waals surface area contributed by atoms with Crippen molar-refractivity contribution in [2.45, 2.75) is 82.6 Å². The van der Waals surface area contributed by atoms with Crippen LogP contribution in [-0.4, -0.2) is 78.8 Å². The molecule has 14 N–H and O–H groups in total. The Balaban J connectivity index is 0. The average molecular weight is 477 g/mol. The molecule has 11 nitrogen and oxygen atoms in total. The molecule has 0 atom stereocenters. The van der Waals surface area contributed by atoms with Crippen molar-refractivity contribution in [1.29, 1.82) is 5.41 Å². The molecule has 0 spiro atoms. The highest BCUT2D eigenvalue weighted by atomic mass is 16.3. The summed E-state index contributed by atoms with van der Waals surface area (Å²) in [4.78, 5) is 3.99. The third kappa shape index (κ3) is 28.3. The molecule has 0 bridgehead atoms. The van der Waals surface area contributed by atoms with E-state index in [2.05, 4.69) is 15.6 Å². The van der Waals surface area contributed by atoms with Gasteiger partial charge in [-0.1, -0.05) is 51.4 Å². The van der Waals surface area contributed by atoms with Gasteiger partial charge in [0.15, 0.2) is 11.9 Å². The van der Waals surface area contributed by atoms with E-state index < -0.39 is 25.4 Å². The number of hydrogen-bond donors (Lipinski definition) is 10. The third-order valence-corrected chi connectivity index (χ3v) is 5.10. The summed E-state index contributed by atoms with van der Waals surface area (Å²) in [7, 11) is 0. The Bertz CT molecular complexity index is 451. The average Bonchev–Trinajstić information content (AvgIpc) is 2.80. The van der Waals surface area contributed by atoms with Crippen molar-refractivity contribution in [2.24, 2.45) is 27.9 Å². The van der Waals surface area contributed by atoms with Gasteiger partial charge in [-0.3, -0.25) is 10.4 Å². The Morgan fingerprint density at radius 1 is 0.667 bits per heavy atom. The number of hydrogen-bond acceptors (Lipinski definition) is 7. The molecule has 33 heavy (non-hydrogen) atoms. The molecular formula is C22H52N8O3. The van der Waals surface area contributed by atoms with Crippen molar-refractivity contribution in [3.05, 3.63) is 0 Å². The van der Waals surface area contributed by atoms with Gasteiger partial charge in [0.05, 0.1) is 25.4 Å². The minimum Gasteiger partial charge on any atom is -0.394 e. The summed E-state index contributed by atoms with van der Waals surface area (Å²) in [5.41, 5.74) is 19.7. The number of aliphatic hydroxyl groups is 3. The first-order valence-electron chi connectivity index (χ1n) is 12.3. The normalized spacial score (nSPS) is 10.9. The van der Waals surface area contributed by atoms with E-state index in [1.807, 2.05) is 0 Å². The second-order valence-electron chi connectivity index (χ2n) is 8.48. The van der Waals surface area contributed by atoms with E-state index in [0.29, 0.717) is 0 Å². The van der Waals surface area contributed by atoms with Gasteiger partial charge in [0.25, 0.3) is 0 Å². The first-order valence-corrected chi connectivity index (χ1v) is 12.3. The first kappa shape index (κ1) is 33.5. The molecule has 0 aliphatic carbocycles. The lowest BCUT2D eigenvalue weighted by atomic mass is 10.1. The van der Waals surface area contributed by atoms with E-state index >= 15 is 0 Å². The van der Waals surface area contributed by atoms with Crippen LogP contribution in [0.4, 0.5) is 0 Å². The number of guanidine groups is 2. The number of aliphatic imine (C=N–C) groups is 1. The van der Waals surface area contributed by atoms with Crippen molar-refractivity contribution in [3.63, 3.8) is 0 Å². The van der Waals surface area contributed by atoms with Gasteiger partial charge >= 0.3 is 0 Å². The monoisotopic (exact) mass is 476 g/mol. The van der Waals surface area contributed by atoms with Gasteiger partial charge in [0.1, 0.15) is 0 Å². The summed E-state index contributed by atoms with van der Waals surface area (Å²) in [5.74, 6) is 0.280. The summed E-state index contributed by atoms with van der Waals surface area (Å²) in [6.07, 6.45) is 15.0. The van der Waals surface area contributed by atoms with Crippen molar-refractivity contribution in [2.75, 3.05) is 46.0 Å². The Morgan fingerprint density at radius 3 is 1.42 bits per heavy atom. The summed E-state index contributed by atoms with van der Waals surface area (Å²) in [6, 6.07) is 0. The van der Waals surface area contributed by atoms with E-state index in [4.69, 9.17) is 43.7 Å². The van der Waals surface area contributed by atoms with Crippen LogP contribution in [0.3, 0.4) is 0 Å². The predicted molar refractivity (Wildman–Crippen MR) is 137 cm³/mol. The second kappa shape index (κ2) is 25.0. The molecule has 0 fully saturated rings. The minimum absolute atomic E-state index is 0.0777. The minimum atomic E-state index is -1.21. The zero-order valence-corrected chi connectivity index (χ0v) is 20.5. The topological polar surface area (TPSA) is 225 Å². The lowest BCUT2D eigenvalue weighted by Crippen LogP contribution is -2.50. The zero-order chi connectivity index (χ0) is 25.2. The van der Waals surface area contributed by atoms with E-state index in [0.717, 1.165) is 39.0 Å². The molecule has 0 aliphatic rings. The molecule has 0 saturated carbocycles. The Hall–Kier alpha value is -1.66. The molecule has 0 aromatic heterocycles. The van der Waals surface area contributed by atoms with Gasteiger partial charge in [-0.15, -0.1) is 0 Å². The van der Waals surface area contributed by atoms with Crippen LogP contribution >= 0.6 is 0 Å². The molecule has 0 aromatic carbocycles.